The largest absolute Gasteiger partial charge is 0.309 e. The molecular weight excluding hydrogens is 1820 g/mol. The second-order valence-corrected chi connectivity index (χ2v) is 41.2. The summed E-state index contributed by atoms with van der Waals surface area (Å²) in [6, 6.07) is 170. The molecule has 0 spiro atoms. The fourth-order valence-corrected chi connectivity index (χ4v) is 24.3. The van der Waals surface area contributed by atoms with Gasteiger partial charge in [0.1, 0.15) is 0 Å². The number of fused-ring (bicyclic) bond motifs is 26. The summed E-state index contributed by atoms with van der Waals surface area (Å²) in [6.45, 7) is 14.2. The van der Waals surface area contributed by atoms with Gasteiger partial charge in [0.15, 0.2) is 40.8 Å². The zero-order chi connectivity index (χ0) is 100. The van der Waals surface area contributed by atoms with E-state index in [0.717, 1.165) is 78.5 Å². The molecule has 3 aliphatic carbocycles. The third-order valence-electron chi connectivity index (χ3n) is 31.4. The summed E-state index contributed by atoms with van der Waals surface area (Å²) < 4.78 is 7.39. The van der Waals surface area contributed by atoms with Gasteiger partial charge in [-0.3, -0.25) is 0 Å². The van der Waals surface area contributed by atoms with E-state index in [1.165, 1.54) is 164 Å². The highest BCUT2D eigenvalue weighted by Gasteiger charge is 2.43. The normalized spacial score (nSPS) is 13.2. The number of nitrogens with zero attached hydrogens (tertiary/aromatic N) is 11. The summed E-state index contributed by atoms with van der Waals surface area (Å²) in [5, 5.41) is 15.3. The van der Waals surface area contributed by atoms with Crippen molar-refractivity contribution in [2.45, 2.75) is 57.8 Å². The first-order chi connectivity index (χ1) is 73.7. The topological polar surface area (TPSA) is 118 Å². The molecule has 0 N–H and O–H groups in total. The lowest BCUT2D eigenvalue weighted by Gasteiger charge is -2.24. The molecule has 0 aliphatic heterocycles. The van der Waals surface area contributed by atoms with Crippen LogP contribution >= 0.6 is 0 Å². The van der Waals surface area contributed by atoms with E-state index < -0.39 is 0 Å². The van der Waals surface area contributed by atoms with Crippen molar-refractivity contribution in [3.8, 4) is 153 Å². The van der Waals surface area contributed by atoms with Crippen LogP contribution in [0.15, 0.2) is 479 Å². The SMILES string of the molecule is CC1(C)c2ccccc2-c2c1c1c(c3ccccc23)c2ccccc2n1-c1ccc(-c2nc(-c3ccccc3)cc(-c3ccccc3)n2)cc1.CC1(C)c2ccccc2-c2cc3c(cc21)c1cc2ccccc2cc1n3-c1ccc(-c2nc(-c3ccccc3)nc(-c3ccccc3)n2)cc1.CC1(C)c2ccccc2-c2ccc3c4c5ccccc5ccc4n(-c4ccc(-c5nc(-c6ccccc6)nc(-c6ccccc6)n5)cc4)c3c21. The van der Waals surface area contributed by atoms with E-state index in [9.17, 15) is 0 Å². The van der Waals surface area contributed by atoms with Crippen molar-refractivity contribution in [1.29, 1.82) is 0 Å². The van der Waals surface area contributed by atoms with Crippen molar-refractivity contribution < 1.29 is 0 Å². The molecule has 0 fully saturated rings. The van der Waals surface area contributed by atoms with Crippen LogP contribution in [0.2, 0.25) is 0 Å². The van der Waals surface area contributed by atoms with Crippen LogP contribution in [-0.2, 0) is 16.2 Å². The van der Waals surface area contributed by atoms with Crippen molar-refractivity contribution in [3.63, 3.8) is 0 Å². The Balaban J connectivity index is 0.000000108. The van der Waals surface area contributed by atoms with Crippen LogP contribution in [0.4, 0.5) is 0 Å². The summed E-state index contributed by atoms with van der Waals surface area (Å²) >= 11 is 0. The van der Waals surface area contributed by atoms with Gasteiger partial charge in [-0.15, -0.1) is 0 Å². The van der Waals surface area contributed by atoms with Crippen molar-refractivity contribution in [2.24, 2.45) is 0 Å². The van der Waals surface area contributed by atoms with E-state index in [4.69, 9.17) is 39.9 Å². The third-order valence-corrected chi connectivity index (χ3v) is 31.4. The Morgan fingerprint density at radius 3 is 1.04 bits per heavy atom. The van der Waals surface area contributed by atoms with Gasteiger partial charge in [0.05, 0.1) is 44.5 Å². The van der Waals surface area contributed by atoms with Gasteiger partial charge in [0.25, 0.3) is 0 Å². The summed E-state index contributed by atoms with van der Waals surface area (Å²) in [7, 11) is 0. The molecule has 150 heavy (non-hydrogen) atoms. The maximum atomic E-state index is 5.10. The van der Waals surface area contributed by atoms with Gasteiger partial charge < -0.3 is 13.7 Å². The molecule has 0 bridgehead atoms. The highest BCUT2D eigenvalue weighted by molar-refractivity contribution is 6.28. The first-order valence-corrected chi connectivity index (χ1v) is 51.5. The monoisotopic (exact) mass is 1920 g/mol. The van der Waals surface area contributed by atoms with Crippen LogP contribution in [0.25, 0.3) is 250 Å². The molecule has 3 aliphatic rings. The Kier molecular flexibility index (Phi) is 20.7. The lowest BCUT2D eigenvalue weighted by atomic mass is 9.80. The van der Waals surface area contributed by atoms with Crippen molar-refractivity contribution >= 4 is 97.7 Å². The Morgan fingerprint density at radius 2 is 0.533 bits per heavy atom. The first-order valence-electron chi connectivity index (χ1n) is 51.5. The van der Waals surface area contributed by atoms with Crippen LogP contribution < -0.4 is 0 Å². The molecule has 0 radical (unpaired) electrons. The summed E-state index contributed by atoms with van der Waals surface area (Å²) in [5.74, 6) is 4.64. The van der Waals surface area contributed by atoms with Gasteiger partial charge >= 0.3 is 0 Å². The number of aromatic nitrogens is 11. The second kappa shape index (κ2) is 35.1. The number of hydrogen-bond acceptors (Lipinski definition) is 8. The van der Waals surface area contributed by atoms with Crippen molar-refractivity contribution in [2.75, 3.05) is 0 Å². The quantitative estimate of drug-likeness (QED) is 0.119. The maximum Gasteiger partial charge on any atom is 0.164 e. The van der Waals surface area contributed by atoms with Crippen molar-refractivity contribution in [3.05, 3.63) is 513 Å². The van der Waals surface area contributed by atoms with E-state index in [1.54, 1.807) is 0 Å². The molecule has 6 aromatic heterocycles. The highest BCUT2D eigenvalue weighted by atomic mass is 15.1. The summed E-state index contributed by atoms with van der Waals surface area (Å²) in [4.78, 5) is 39.9. The minimum Gasteiger partial charge on any atom is -0.309 e. The van der Waals surface area contributed by atoms with Gasteiger partial charge in [-0.05, 0) is 214 Å². The molecular formula is C139H97N11. The molecule has 11 heteroatoms. The van der Waals surface area contributed by atoms with E-state index in [1.807, 2.05) is 133 Å². The molecule has 0 saturated carbocycles. The molecule has 21 aromatic carbocycles. The smallest absolute Gasteiger partial charge is 0.164 e. The lowest BCUT2D eigenvalue weighted by molar-refractivity contribution is 0.661. The first kappa shape index (κ1) is 88.6. The molecule has 0 amide bonds. The number of para-hydroxylation sites is 1. The maximum absolute atomic E-state index is 5.10. The van der Waals surface area contributed by atoms with Crippen LogP contribution in [0.1, 0.15) is 74.9 Å². The Bertz CT molecular complexity index is 9770. The fraction of sp³-hybridized carbons (Fsp3) is 0.0647. The van der Waals surface area contributed by atoms with Gasteiger partial charge in [-0.1, -0.05) is 406 Å². The van der Waals surface area contributed by atoms with E-state index in [-0.39, 0.29) is 16.2 Å². The number of benzene rings is 21. The molecule has 0 unspecified atom stereocenters. The Morgan fingerprint density at radius 1 is 0.173 bits per heavy atom. The average molecular weight is 1920 g/mol. The molecule has 0 saturated heterocycles. The third kappa shape index (κ3) is 14.5. The van der Waals surface area contributed by atoms with Crippen LogP contribution in [0.5, 0.6) is 0 Å². The minimum atomic E-state index is -0.181. The van der Waals surface area contributed by atoms with Gasteiger partial charge in [0.2, 0.25) is 0 Å². The van der Waals surface area contributed by atoms with Gasteiger partial charge in [-0.25, -0.2) is 39.9 Å². The molecule has 6 heterocycles. The average Bonchev–Trinajstić information content (AvgIpc) is 1.52. The molecule has 708 valence electrons. The number of hydrogen-bond donors (Lipinski definition) is 0. The predicted molar refractivity (Wildman–Crippen MR) is 619 cm³/mol. The Labute approximate surface area is 868 Å². The van der Waals surface area contributed by atoms with E-state index in [2.05, 4.69) is 401 Å². The van der Waals surface area contributed by atoms with Crippen LogP contribution in [-0.4, -0.2) is 53.6 Å². The number of rotatable bonds is 12. The van der Waals surface area contributed by atoms with E-state index >= 15 is 0 Å². The minimum absolute atomic E-state index is 0.0746. The van der Waals surface area contributed by atoms with Crippen LogP contribution in [0.3, 0.4) is 0 Å². The zero-order valence-corrected chi connectivity index (χ0v) is 83.5. The molecule has 27 aromatic rings. The Hall–Kier alpha value is -19.1. The molecule has 11 nitrogen and oxygen atoms in total. The van der Waals surface area contributed by atoms with Gasteiger partial charge in [-0.2, -0.15) is 0 Å². The fourth-order valence-electron chi connectivity index (χ4n) is 24.3. The molecule has 0 atom stereocenters. The van der Waals surface area contributed by atoms with Gasteiger partial charge in [0, 0.05) is 116 Å². The summed E-state index contributed by atoms with van der Waals surface area (Å²) in [6.07, 6.45) is 0. The predicted octanol–water partition coefficient (Wildman–Crippen LogP) is 34.9. The summed E-state index contributed by atoms with van der Waals surface area (Å²) in [5.41, 5.74) is 37.1. The van der Waals surface area contributed by atoms with Crippen molar-refractivity contribution in [1.82, 2.24) is 53.6 Å². The standard InChI is InChI=1S/C47H33N3.2C46H32N4/c1-47(2)38-23-13-11-21-36(38)42-34-19-9-10-20-35(34)43-37-22-12-14-24-41(37)50(45(43)44(42)47)33-27-25-32(26-28-33)46-48-39(30-15-5-3-6-16-30)29-40(49-46)31-17-7-4-8-18-31;1-46(2)38-20-12-11-19-35(38)36-26-27-37-40-34-18-10-9-13-29(34)23-28-39(40)50(42(37)41(36)46)33-24-21-32(22-25-33)45-48-43(30-14-5-3-6-15-30)47-44(49-45)31-16-7-4-8-17-31;1-46(2)39-20-12-11-19-35(39)36-28-42-38(27-40(36)46)37-25-32-17-9-10-18-33(32)26-41(37)50(42)34-23-21-31(22-24-34)45-48-43(29-13-5-3-6-14-29)47-44(49-45)30-15-7-4-8-16-30/h3-29H,1-2H3;2*3-28H,1-2H3. The highest BCUT2D eigenvalue weighted by Crippen LogP contribution is 2.59. The van der Waals surface area contributed by atoms with E-state index in [0.29, 0.717) is 40.8 Å². The zero-order valence-electron chi connectivity index (χ0n) is 83.5. The molecule has 30 rings (SSSR count). The lowest BCUT2D eigenvalue weighted by Crippen LogP contribution is -2.16. The second-order valence-electron chi connectivity index (χ2n) is 41.2. The van der Waals surface area contributed by atoms with Crippen LogP contribution in [0, 0.1) is 0 Å².